The fourth-order valence-corrected chi connectivity index (χ4v) is 4.03. The van der Waals surface area contributed by atoms with Gasteiger partial charge in [-0.05, 0) is 36.0 Å². The van der Waals surface area contributed by atoms with Crippen LogP contribution in [0.4, 0.5) is 5.69 Å². The van der Waals surface area contributed by atoms with Crippen LogP contribution in [-0.4, -0.2) is 48.9 Å². The van der Waals surface area contributed by atoms with Crippen LogP contribution in [0.25, 0.3) is 0 Å². The number of nitrogens with zero attached hydrogens (tertiary/aromatic N) is 5. The maximum Gasteiger partial charge on any atom is 0.313 e. The molecule has 170 valence electrons. The van der Waals surface area contributed by atoms with Crippen molar-refractivity contribution in [1.29, 1.82) is 0 Å². The Morgan fingerprint density at radius 3 is 2.61 bits per heavy atom. The van der Waals surface area contributed by atoms with E-state index in [0.717, 1.165) is 24.0 Å². The first kappa shape index (κ1) is 22.1. The first-order valence-corrected chi connectivity index (χ1v) is 10.7. The summed E-state index contributed by atoms with van der Waals surface area (Å²) in [5, 5.41) is 6.65. The Morgan fingerprint density at radius 2 is 1.91 bits per heavy atom. The predicted octanol–water partition coefficient (Wildman–Crippen LogP) is 1.76. The van der Waals surface area contributed by atoms with Gasteiger partial charge in [0.2, 0.25) is 5.91 Å². The number of primary amides is 1. The Balaban J connectivity index is 1.49. The standard InChI is InChI=1S/C23H25N7O3/c1-15-2-7-20(17-5-3-16(4-6-17)12-29-14-26-13-27-29)30(11-15)23(33)22(32)28-19-8-18(21(24)31)9-25-10-19/h3-6,8-10,13-15,20H,2,7,11-12H2,1H3,(H2,24,31)(H,28,32)/t15-,20+/m0/s1. The van der Waals surface area contributed by atoms with Crippen LogP contribution in [0.2, 0.25) is 0 Å². The van der Waals surface area contributed by atoms with E-state index in [1.807, 2.05) is 24.3 Å². The van der Waals surface area contributed by atoms with Crippen LogP contribution in [0.1, 0.15) is 47.3 Å². The number of hydrogen-bond acceptors (Lipinski definition) is 6. The van der Waals surface area contributed by atoms with E-state index in [2.05, 4.69) is 27.3 Å². The van der Waals surface area contributed by atoms with Gasteiger partial charge in [-0.15, -0.1) is 0 Å². The van der Waals surface area contributed by atoms with Gasteiger partial charge in [-0.2, -0.15) is 5.10 Å². The summed E-state index contributed by atoms with van der Waals surface area (Å²) in [4.78, 5) is 46.7. The van der Waals surface area contributed by atoms with E-state index in [1.54, 1.807) is 15.9 Å². The number of nitrogens with two attached hydrogens (primary N) is 1. The van der Waals surface area contributed by atoms with Crippen LogP contribution in [-0.2, 0) is 16.1 Å². The molecule has 0 spiro atoms. The Kier molecular flexibility index (Phi) is 6.43. The molecule has 0 saturated carbocycles. The number of pyridine rings is 1. The number of likely N-dealkylation sites (tertiary alicyclic amines) is 1. The highest BCUT2D eigenvalue weighted by Crippen LogP contribution is 2.33. The van der Waals surface area contributed by atoms with Crippen LogP contribution in [0.5, 0.6) is 0 Å². The molecule has 1 aliphatic heterocycles. The summed E-state index contributed by atoms with van der Waals surface area (Å²) >= 11 is 0. The second-order valence-corrected chi connectivity index (χ2v) is 8.27. The lowest BCUT2D eigenvalue weighted by Crippen LogP contribution is -2.46. The second-order valence-electron chi connectivity index (χ2n) is 8.27. The summed E-state index contributed by atoms with van der Waals surface area (Å²) < 4.78 is 1.74. The molecular formula is C23H25N7O3. The van der Waals surface area contributed by atoms with Crippen LogP contribution in [0, 0.1) is 5.92 Å². The van der Waals surface area contributed by atoms with Gasteiger partial charge in [-0.25, -0.2) is 9.67 Å². The SMILES string of the molecule is C[C@H]1CC[C@H](c2ccc(Cn3cncn3)cc2)N(C(=O)C(=O)Nc2cncc(C(N)=O)c2)C1. The second kappa shape index (κ2) is 9.60. The molecule has 1 fully saturated rings. The highest BCUT2D eigenvalue weighted by atomic mass is 16.2. The molecule has 0 radical (unpaired) electrons. The molecular weight excluding hydrogens is 422 g/mol. The average molecular weight is 447 g/mol. The Morgan fingerprint density at radius 1 is 1.12 bits per heavy atom. The monoisotopic (exact) mass is 447 g/mol. The van der Waals surface area contributed by atoms with Gasteiger partial charge in [0.1, 0.15) is 12.7 Å². The number of benzene rings is 1. The molecule has 3 heterocycles. The summed E-state index contributed by atoms with van der Waals surface area (Å²) in [6.45, 7) is 3.15. The summed E-state index contributed by atoms with van der Waals surface area (Å²) in [6, 6.07) is 9.17. The van der Waals surface area contributed by atoms with Crippen molar-refractivity contribution < 1.29 is 14.4 Å². The Bertz CT molecular complexity index is 1150. The number of anilines is 1. The summed E-state index contributed by atoms with van der Waals surface area (Å²) in [7, 11) is 0. The van der Waals surface area contributed by atoms with Crippen LogP contribution < -0.4 is 11.1 Å². The molecule has 3 N–H and O–H groups in total. The van der Waals surface area contributed by atoms with E-state index in [9.17, 15) is 14.4 Å². The minimum absolute atomic E-state index is 0.149. The number of rotatable bonds is 5. The minimum atomic E-state index is -0.777. The highest BCUT2D eigenvalue weighted by Gasteiger charge is 2.34. The van der Waals surface area contributed by atoms with E-state index in [4.69, 9.17) is 5.73 Å². The quantitative estimate of drug-likeness (QED) is 0.572. The molecule has 0 bridgehead atoms. The van der Waals surface area contributed by atoms with Gasteiger partial charge < -0.3 is 16.0 Å². The molecule has 10 nitrogen and oxygen atoms in total. The molecule has 0 aliphatic carbocycles. The lowest BCUT2D eigenvalue weighted by atomic mass is 9.89. The summed E-state index contributed by atoms with van der Waals surface area (Å²) in [5.41, 5.74) is 7.69. The number of hydrogen-bond donors (Lipinski definition) is 2. The van der Waals surface area contributed by atoms with Crippen LogP contribution >= 0.6 is 0 Å². The predicted molar refractivity (Wildman–Crippen MR) is 120 cm³/mol. The van der Waals surface area contributed by atoms with Crippen molar-refractivity contribution in [1.82, 2.24) is 24.6 Å². The zero-order valence-electron chi connectivity index (χ0n) is 18.2. The van der Waals surface area contributed by atoms with Crippen molar-refractivity contribution in [3.63, 3.8) is 0 Å². The number of nitrogens with one attached hydrogen (secondary N) is 1. The number of aromatic nitrogens is 4. The van der Waals surface area contributed by atoms with E-state index in [0.29, 0.717) is 13.1 Å². The summed E-state index contributed by atoms with van der Waals surface area (Å²) in [6.07, 6.45) is 7.54. The topological polar surface area (TPSA) is 136 Å². The molecule has 1 aliphatic rings. The molecule has 1 aromatic carbocycles. The van der Waals surface area contributed by atoms with Crippen molar-refractivity contribution in [3.8, 4) is 0 Å². The smallest absolute Gasteiger partial charge is 0.313 e. The molecule has 0 unspecified atom stereocenters. The normalized spacial score (nSPS) is 18.0. The maximum atomic E-state index is 13.1. The third kappa shape index (κ3) is 5.22. The largest absolute Gasteiger partial charge is 0.366 e. The minimum Gasteiger partial charge on any atom is -0.366 e. The first-order chi connectivity index (χ1) is 15.9. The number of carbonyl (C=O) groups excluding carboxylic acids is 3. The van der Waals surface area contributed by atoms with Crippen LogP contribution in [0.3, 0.4) is 0 Å². The van der Waals surface area contributed by atoms with Crippen molar-refractivity contribution in [2.75, 3.05) is 11.9 Å². The van der Waals surface area contributed by atoms with E-state index >= 15 is 0 Å². The Hall–Kier alpha value is -4.08. The van der Waals surface area contributed by atoms with Gasteiger partial charge in [0.15, 0.2) is 0 Å². The van der Waals surface area contributed by atoms with Crippen LogP contribution in [0.15, 0.2) is 55.4 Å². The molecule has 3 aromatic rings. The van der Waals surface area contributed by atoms with E-state index in [-0.39, 0.29) is 23.2 Å². The molecule has 2 aromatic heterocycles. The van der Waals surface area contributed by atoms with Gasteiger partial charge in [0.25, 0.3) is 0 Å². The van der Waals surface area contributed by atoms with Gasteiger partial charge in [0, 0.05) is 12.7 Å². The third-order valence-electron chi connectivity index (χ3n) is 5.73. The number of piperidine rings is 1. The Labute approximate surface area is 190 Å². The third-order valence-corrected chi connectivity index (χ3v) is 5.73. The van der Waals surface area contributed by atoms with Gasteiger partial charge >= 0.3 is 11.8 Å². The lowest BCUT2D eigenvalue weighted by molar-refractivity contribution is -0.146. The fourth-order valence-electron chi connectivity index (χ4n) is 4.03. The molecule has 2 atom stereocenters. The van der Waals surface area contributed by atoms with Gasteiger partial charge in [-0.3, -0.25) is 19.4 Å². The number of amides is 3. The molecule has 1 saturated heterocycles. The number of carbonyl (C=O) groups is 3. The lowest BCUT2D eigenvalue weighted by Gasteiger charge is -2.38. The first-order valence-electron chi connectivity index (χ1n) is 10.7. The maximum absolute atomic E-state index is 13.1. The zero-order valence-corrected chi connectivity index (χ0v) is 18.2. The molecule has 4 rings (SSSR count). The van der Waals surface area contributed by atoms with Crippen molar-refractivity contribution >= 4 is 23.4 Å². The van der Waals surface area contributed by atoms with Crippen molar-refractivity contribution in [3.05, 3.63) is 72.1 Å². The van der Waals surface area contributed by atoms with Gasteiger partial charge in [-0.1, -0.05) is 31.2 Å². The van der Waals surface area contributed by atoms with Gasteiger partial charge in [0.05, 0.1) is 30.0 Å². The van der Waals surface area contributed by atoms with Crippen molar-refractivity contribution in [2.24, 2.45) is 11.7 Å². The molecule has 33 heavy (non-hydrogen) atoms. The van der Waals surface area contributed by atoms with E-state index in [1.165, 1.54) is 24.8 Å². The van der Waals surface area contributed by atoms with Crippen molar-refractivity contribution in [2.45, 2.75) is 32.4 Å². The van der Waals surface area contributed by atoms with E-state index < -0.39 is 17.7 Å². The fraction of sp³-hybridized carbons (Fsp3) is 0.304. The molecule has 3 amide bonds. The average Bonchev–Trinajstić information content (AvgIpc) is 3.32. The highest BCUT2D eigenvalue weighted by molar-refractivity contribution is 6.39. The zero-order chi connectivity index (χ0) is 23.4. The molecule has 10 heteroatoms. The summed E-state index contributed by atoms with van der Waals surface area (Å²) in [5.74, 6) is -1.78.